The Hall–Kier alpha value is -1.00. The number of nitrogens with zero attached hydrogens (tertiary/aromatic N) is 1. The van der Waals surface area contributed by atoms with E-state index in [1.54, 1.807) is 0 Å². The predicted molar refractivity (Wildman–Crippen MR) is 82.2 cm³/mol. The van der Waals surface area contributed by atoms with Crippen LogP contribution in [0.4, 0.5) is 5.69 Å². The van der Waals surface area contributed by atoms with Crippen LogP contribution >= 0.6 is 11.8 Å². The van der Waals surface area contributed by atoms with Crippen molar-refractivity contribution in [2.75, 3.05) is 24.3 Å². The zero-order chi connectivity index (χ0) is 13.3. The summed E-state index contributed by atoms with van der Waals surface area (Å²) in [6.45, 7) is 5.95. The van der Waals surface area contributed by atoms with Gasteiger partial charge in [0.1, 0.15) is 0 Å². The summed E-state index contributed by atoms with van der Waals surface area (Å²) in [4.78, 5) is 4.92. The van der Waals surface area contributed by atoms with Crippen molar-refractivity contribution in [3.63, 3.8) is 0 Å². The van der Waals surface area contributed by atoms with Gasteiger partial charge >= 0.3 is 0 Å². The molecular weight excluding hydrogens is 256 g/mol. The molecule has 3 rings (SSSR count). The van der Waals surface area contributed by atoms with E-state index in [0.717, 1.165) is 42.7 Å². The molecule has 0 aliphatic carbocycles. The van der Waals surface area contributed by atoms with Crippen molar-refractivity contribution >= 4 is 22.6 Å². The fourth-order valence-corrected chi connectivity index (χ4v) is 3.93. The number of rotatable bonds is 1. The molecule has 0 amide bonds. The lowest BCUT2D eigenvalue weighted by Crippen LogP contribution is -2.34. The zero-order valence-corrected chi connectivity index (χ0v) is 12.3. The third-order valence-corrected chi connectivity index (χ3v) is 4.86. The molecule has 0 unspecified atom stereocenters. The van der Waals surface area contributed by atoms with Gasteiger partial charge in [-0.15, -0.1) is 0 Å². The van der Waals surface area contributed by atoms with Crippen molar-refractivity contribution in [3.05, 3.63) is 29.3 Å². The highest BCUT2D eigenvalue weighted by Crippen LogP contribution is 2.36. The molecule has 1 saturated heterocycles. The van der Waals surface area contributed by atoms with E-state index in [9.17, 15) is 0 Å². The Kier molecular flexibility index (Phi) is 3.54. The number of aliphatic imine (C=N–C) groups is 1. The third-order valence-electron chi connectivity index (χ3n) is 3.71. The minimum absolute atomic E-state index is 0.129. The van der Waals surface area contributed by atoms with Crippen molar-refractivity contribution in [2.45, 2.75) is 32.2 Å². The van der Waals surface area contributed by atoms with Crippen LogP contribution in [0.1, 0.15) is 24.0 Å². The second kappa shape index (κ2) is 5.17. The molecule has 1 N–H and O–H groups in total. The fraction of sp³-hybridized carbons (Fsp3) is 0.533. The van der Waals surface area contributed by atoms with Crippen LogP contribution in [0.2, 0.25) is 0 Å². The normalized spacial score (nSPS) is 21.5. The van der Waals surface area contributed by atoms with Gasteiger partial charge in [-0.05, 0) is 49.9 Å². The molecule has 102 valence electrons. The summed E-state index contributed by atoms with van der Waals surface area (Å²) >= 11 is 1.84. The first-order valence-electron chi connectivity index (χ1n) is 6.81. The largest absolute Gasteiger partial charge is 0.381 e. The number of ether oxygens (including phenoxy) is 1. The molecule has 0 aromatic heterocycles. The molecule has 3 nitrogen and oxygen atoms in total. The molecular formula is C15H20N2OS. The van der Waals surface area contributed by atoms with Gasteiger partial charge < -0.3 is 10.1 Å². The van der Waals surface area contributed by atoms with Crippen molar-refractivity contribution in [1.82, 2.24) is 0 Å². The van der Waals surface area contributed by atoms with Gasteiger partial charge in [0, 0.05) is 24.7 Å². The van der Waals surface area contributed by atoms with E-state index >= 15 is 0 Å². The number of anilines is 1. The van der Waals surface area contributed by atoms with Crippen molar-refractivity contribution in [1.29, 1.82) is 0 Å². The van der Waals surface area contributed by atoms with Gasteiger partial charge in [0.25, 0.3) is 0 Å². The van der Waals surface area contributed by atoms with E-state index in [1.165, 1.54) is 11.1 Å². The van der Waals surface area contributed by atoms with Crippen LogP contribution in [-0.4, -0.2) is 29.7 Å². The summed E-state index contributed by atoms with van der Waals surface area (Å²) in [5, 5.41) is 4.53. The lowest BCUT2D eigenvalue weighted by atomic mass is 9.93. The molecule has 0 saturated carbocycles. The molecule has 1 spiro atoms. The van der Waals surface area contributed by atoms with Crippen LogP contribution in [0.25, 0.3) is 0 Å². The van der Waals surface area contributed by atoms with E-state index in [0.29, 0.717) is 0 Å². The molecule has 0 radical (unpaired) electrons. The Morgan fingerprint density at radius 2 is 1.84 bits per heavy atom. The predicted octanol–water partition coefficient (Wildman–Crippen LogP) is 3.37. The summed E-state index contributed by atoms with van der Waals surface area (Å²) in [6, 6.07) is 6.53. The molecule has 0 bridgehead atoms. The lowest BCUT2D eigenvalue weighted by molar-refractivity contribution is 0.0624. The SMILES string of the molecule is Cc1cc(C)cc(NC2=NC3(CCOCC3)CS2)c1. The average Bonchev–Trinajstić information content (AvgIpc) is 2.71. The topological polar surface area (TPSA) is 33.6 Å². The van der Waals surface area contributed by atoms with Crippen LogP contribution < -0.4 is 5.32 Å². The maximum absolute atomic E-state index is 5.44. The fourth-order valence-electron chi connectivity index (χ4n) is 2.72. The highest BCUT2D eigenvalue weighted by Gasteiger charge is 2.37. The average molecular weight is 276 g/mol. The number of benzene rings is 1. The minimum atomic E-state index is 0.129. The molecule has 1 fully saturated rings. The van der Waals surface area contributed by atoms with E-state index < -0.39 is 0 Å². The molecule has 0 atom stereocenters. The number of aryl methyl sites for hydroxylation is 2. The summed E-state index contributed by atoms with van der Waals surface area (Å²) in [5.41, 5.74) is 3.84. The zero-order valence-electron chi connectivity index (χ0n) is 11.5. The second-order valence-corrected chi connectivity index (χ2v) is 6.51. The van der Waals surface area contributed by atoms with Gasteiger partial charge in [-0.2, -0.15) is 0 Å². The number of amidine groups is 1. The Morgan fingerprint density at radius 1 is 1.16 bits per heavy atom. The van der Waals surface area contributed by atoms with E-state index in [1.807, 2.05) is 11.8 Å². The molecule has 2 aliphatic heterocycles. The van der Waals surface area contributed by atoms with Gasteiger partial charge in [0.05, 0.1) is 5.54 Å². The van der Waals surface area contributed by atoms with Crippen LogP contribution in [0, 0.1) is 13.8 Å². The first-order chi connectivity index (χ1) is 9.15. The highest BCUT2D eigenvalue weighted by molar-refractivity contribution is 8.14. The second-order valence-electron chi connectivity index (χ2n) is 5.54. The highest BCUT2D eigenvalue weighted by atomic mass is 32.2. The summed E-state index contributed by atoms with van der Waals surface area (Å²) < 4.78 is 5.44. The van der Waals surface area contributed by atoms with Crippen molar-refractivity contribution < 1.29 is 4.74 Å². The third kappa shape index (κ3) is 2.95. The molecule has 19 heavy (non-hydrogen) atoms. The van der Waals surface area contributed by atoms with Gasteiger partial charge in [0.2, 0.25) is 0 Å². The number of thioether (sulfide) groups is 1. The Morgan fingerprint density at radius 3 is 2.53 bits per heavy atom. The summed E-state index contributed by atoms with van der Waals surface area (Å²) in [7, 11) is 0. The standard InChI is InChI=1S/C15H20N2OS/c1-11-7-12(2)9-13(8-11)16-14-17-15(10-19-14)3-5-18-6-4-15/h7-9H,3-6,10H2,1-2H3,(H,16,17). The van der Waals surface area contributed by atoms with Crippen LogP contribution in [0.3, 0.4) is 0 Å². The Labute approximate surface area is 118 Å². The first kappa shape index (κ1) is 13.0. The molecule has 4 heteroatoms. The van der Waals surface area contributed by atoms with Crippen LogP contribution in [0.15, 0.2) is 23.2 Å². The number of hydrogen-bond donors (Lipinski definition) is 1. The monoisotopic (exact) mass is 276 g/mol. The minimum Gasteiger partial charge on any atom is -0.381 e. The van der Waals surface area contributed by atoms with E-state index in [2.05, 4.69) is 37.4 Å². The molecule has 2 aliphatic rings. The summed E-state index contributed by atoms with van der Waals surface area (Å²) in [6.07, 6.45) is 2.11. The Balaban J connectivity index is 1.75. The smallest absolute Gasteiger partial charge is 0.161 e. The summed E-state index contributed by atoms with van der Waals surface area (Å²) in [5.74, 6) is 1.09. The maximum atomic E-state index is 5.44. The van der Waals surface area contributed by atoms with Crippen LogP contribution in [-0.2, 0) is 4.74 Å². The van der Waals surface area contributed by atoms with Crippen LogP contribution in [0.5, 0.6) is 0 Å². The molecule has 1 aromatic rings. The molecule has 1 aromatic carbocycles. The number of nitrogens with one attached hydrogen (secondary N) is 1. The van der Waals surface area contributed by atoms with E-state index in [4.69, 9.17) is 9.73 Å². The van der Waals surface area contributed by atoms with Gasteiger partial charge in [-0.3, -0.25) is 4.99 Å². The molecule has 2 heterocycles. The number of hydrogen-bond acceptors (Lipinski definition) is 4. The van der Waals surface area contributed by atoms with Gasteiger partial charge in [-0.25, -0.2) is 0 Å². The first-order valence-corrected chi connectivity index (χ1v) is 7.80. The van der Waals surface area contributed by atoms with Crippen molar-refractivity contribution in [2.24, 2.45) is 4.99 Å². The Bertz CT molecular complexity index is 487. The van der Waals surface area contributed by atoms with Gasteiger partial charge in [0.15, 0.2) is 5.17 Å². The van der Waals surface area contributed by atoms with Crippen molar-refractivity contribution in [3.8, 4) is 0 Å². The van der Waals surface area contributed by atoms with E-state index in [-0.39, 0.29) is 5.54 Å². The lowest BCUT2D eigenvalue weighted by Gasteiger charge is -2.29. The van der Waals surface area contributed by atoms with Gasteiger partial charge in [-0.1, -0.05) is 17.8 Å². The quantitative estimate of drug-likeness (QED) is 0.854. The maximum Gasteiger partial charge on any atom is 0.161 e.